The van der Waals surface area contributed by atoms with E-state index < -0.39 is 10.0 Å². The molecule has 0 bridgehead atoms. The Kier molecular flexibility index (Phi) is 2.81. The number of sulfonamides is 1. The van der Waals surface area contributed by atoms with Gasteiger partial charge in [0.15, 0.2) is 0 Å². The van der Waals surface area contributed by atoms with Crippen LogP contribution >= 0.6 is 0 Å². The van der Waals surface area contributed by atoms with Gasteiger partial charge in [-0.15, -0.1) is 0 Å². The first-order valence-corrected chi connectivity index (χ1v) is 7.11. The molecule has 2 atom stereocenters. The standard InChI is InChI=1S/C9H18N2O2S/c1-14(12,13)11-6-4-9-8(7-11)3-2-5-10-9/h8-10H,2-7H2,1H3/t8-,9+/m1/s1. The lowest BCUT2D eigenvalue weighted by molar-refractivity contribution is 0.171. The smallest absolute Gasteiger partial charge is 0.211 e. The monoisotopic (exact) mass is 218 g/mol. The molecular formula is C9H18N2O2S. The lowest BCUT2D eigenvalue weighted by Gasteiger charge is -2.40. The van der Waals surface area contributed by atoms with Crippen molar-refractivity contribution in [2.45, 2.75) is 25.3 Å². The zero-order chi connectivity index (χ0) is 10.2. The molecule has 2 aliphatic rings. The summed E-state index contributed by atoms with van der Waals surface area (Å²) >= 11 is 0. The highest BCUT2D eigenvalue weighted by Gasteiger charge is 2.33. The van der Waals surface area contributed by atoms with Gasteiger partial charge in [-0.05, 0) is 31.7 Å². The SMILES string of the molecule is CS(=O)(=O)N1CC[C@@H]2NCCC[C@@H]2C1. The van der Waals surface area contributed by atoms with Gasteiger partial charge in [-0.25, -0.2) is 12.7 Å². The van der Waals surface area contributed by atoms with E-state index in [1.165, 1.54) is 19.1 Å². The molecular weight excluding hydrogens is 200 g/mol. The summed E-state index contributed by atoms with van der Waals surface area (Å²) in [4.78, 5) is 0. The molecule has 0 radical (unpaired) electrons. The van der Waals surface area contributed by atoms with Crippen LogP contribution < -0.4 is 5.32 Å². The molecule has 2 heterocycles. The highest BCUT2D eigenvalue weighted by molar-refractivity contribution is 7.88. The minimum absolute atomic E-state index is 0.534. The van der Waals surface area contributed by atoms with Crippen molar-refractivity contribution in [3.63, 3.8) is 0 Å². The predicted octanol–water partition coefficient (Wildman–Crippen LogP) is 0.0199. The zero-order valence-electron chi connectivity index (χ0n) is 8.57. The van der Waals surface area contributed by atoms with E-state index in [0.717, 1.165) is 19.5 Å². The van der Waals surface area contributed by atoms with Gasteiger partial charge in [0.25, 0.3) is 0 Å². The first kappa shape index (κ1) is 10.4. The molecule has 0 saturated carbocycles. The third-order valence-electron chi connectivity index (χ3n) is 3.32. The number of rotatable bonds is 1. The lowest BCUT2D eigenvalue weighted by Crippen LogP contribution is -2.53. The van der Waals surface area contributed by atoms with Crippen LogP contribution in [0.5, 0.6) is 0 Å². The molecule has 0 amide bonds. The second-order valence-corrected chi connectivity index (χ2v) is 6.36. The number of fused-ring (bicyclic) bond motifs is 1. The van der Waals surface area contributed by atoms with E-state index in [1.807, 2.05) is 0 Å². The molecule has 0 unspecified atom stereocenters. The first-order valence-electron chi connectivity index (χ1n) is 5.26. The Labute approximate surface area is 85.7 Å². The van der Waals surface area contributed by atoms with Crippen LogP contribution in [-0.2, 0) is 10.0 Å². The molecule has 2 rings (SSSR count). The van der Waals surface area contributed by atoms with E-state index in [0.29, 0.717) is 18.5 Å². The molecule has 0 aliphatic carbocycles. The van der Waals surface area contributed by atoms with E-state index in [9.17, 15) is 8.42 Å². The van der Waals surface area contributed by atoms with Gasteiger partial charge in [0.1, 0.15) is 0 Å². The topological polar surface area (TPSA) is 49.4 Å². The third-order valence-corrected chi connectivity index (χ3v) is 4.59. The van der Waals surface area contributed by atoms with Crippen molar-refractivity contribution in [1.29, 1.82) is 0 Å². The molecule has 0 spiro atoms. The van der Waals surface area contributed by atoms with Gasteiger partial charge in [-0.2, -0.15) is 0 Å². The van der Waals surface area contributed by atoms with Gasteiger partial charge in [-0.3, -0.25) is 0 Å². The maximum absolute atomic E-state index is 11.4. The summed E-state index contributed by atoms with van der Waals surface area (Å²) in [5, 5.41) is 3.47. The fourth-order valence-corrected chi connectivity index (χ4v) is 3.41. The summed E-state index contributed by atoms with van der Waals surface area (Å²) in [7, 11) is -2.97. The quantitative estimate of drug-likeness (QED) is 0.675. The van der Waals surface area contributed by atoms with Crippen molar-refractivity contribution < 1.29 is 8.42 Å². The molecule has 2 aliphatic heterocycles. The van der Waals surface area contributed by atoms with Crippen molar-refractivity contribution in [2.75, 3.05) is 25.9 Å². The van der Waals surface area contributed by atoms with Gasteiger partial charge < -0.3 is 5.32 Å². The normalized spacial score (nSPS) is 35.2. The molecule has 2 saturated heterocycles. The number of nitrogens with zero attached hydrogens (tertiary/aromatic N) is 1. The van der Waals surface area contributed by atoms with Gasteiger partial charge in [0, 0.05) is 19.1 Å². The fourth-order valence-electron chi connectivity index (χ4n) is 2.51. The lowest BCUT2D eigenvalue weighted by atomic mass is 9.86. The summed E-state index contributed by atoms with van der Waals surface area (Å²) in [5.41, 5.74) is 0. The number of hydrogen-bond acceptors (Lipinski definition) is 3. The minimum Gasteiger partial charge on any atom is -0.314 e. The highest BCUT2D eigenvalue weighted by Crippen LogP contribution is 2.25. The Bertz CT molecular complexity index is 302. The average Bonchev–Trinajstić information content (AvgIpc) is 2.16. The van der Waals surface area contributed by atoms with E-state index in [4.69, 9.17) is 0 Å². The first-order chi connectivity index (χ1) is 6.57. The van der Waals surface area contributed by atoms with Gasteiger partial charge in [0.2, 0.25) is 10.0 Å². The zero-order valence-corrected chi connectivity index (χ0v) is 9.39. The molecule has 1 N–H and O–H groups in total. The van der Waals surface area contributed by atoms with Crippen molar-refractivity contribution in [1.82, 2.24) is 9.62 Å². The van der Waals surface area contributed by atoms with Crippen molar-refractivity contribution in [3.8, 4) is 0 Å². The average molecular weight is 218 g/mol. The highest BCUT2D eigenvalue weighted by atomic mass is 32.2. The van der Waals surface area contributed by atoms with Crippen LogP contribution in [0, 0.1) is 5.92 Å². The summed E-state index contributed by atoms with van der Waals surface area (Å²) < 4.78 is 24.4. The second kappa shape index (κ2) is 3.79. The number of hydrogen-bond donors (Lipinski definition) is 1. The molecule has 0 aromatic carbocycles. The van der Waals surface area contributed by atoms with E-state index >= 15 is 0 Å². The second-order valence-electron chi connectivity index (χ2n) is 4.37. The van der Waals surface area contributed by atoms with Crippen molar-refractivity contribution in [2.24, 2.45) is 5.92 Å². The van der Waals surface area contributed by atoms with Gasteiger partial charge in [-0.1, -0.05) is 0 Å². The van der Waals surface area contributed by atoms with Crippen LogP contribution in [-0.4, -0.2) is 44.7 Å². The van der Waals surface area contributed by atoms with Crippen LogP contribution in [0.25, 0.3) is 0 Å². The summed E-state index contributed by atoms with van der Waals surface area (Å²) in [6.45, 7) is 2.50. The Morgan fingerprint density at radius 1 is 1.36 bits per heavy atom. The molecule has 0 aromatic rings. The van der Waals surface area contributed by atoms with Gasteiger partial charge >= 0.3 is 0 Å². The molecule has 2 fully saturated rings. The van der Waals surface area contributed by atoms with Crippen LogP contribution in [0.4, 0.5) is 0 Å². The van der Waals surface area contributed by atoms with Crippen LogP contribution in [0.3, 0.4) is 0 Å². The molecule has 4 nitrogen and oxygen atoms in total. The molecule has 14 heavy (non-hydrogen) atoms. The number of nitrogens with one attached hydrogen (secondary N) is 1. The molecule has 5 heteroatoms. The number of piperidine rings is 2. The van der Waals surface area contributed by atoms with Gasteiger partial charge in [0.05, 0.1) is 6.26 Å². The summed E-state index contributed by atoms with van der Waals surface area (Å²) in [6, 6.07) is 0.557. The van der Waals surface area contributed by atoms with E-state index in [2.05, 4.69) is 5.32 Å². The van der Waals surface area contributed by atoms with Crippen molar-refractivity contribution in [3.05, 3.63) is 0 Å². The van der Waals surface area contributed by atoms with Crippen LogP contribution in [0.1, 0.15) is 19.3 Å². The Balaban J connectivity index is 2.03. The fraction of sp³-hybridized carbons (Fsp3) is 1.00. The maximum Gasteiger partial charge on any atom is 0.211 e. The Morgan fingerprint density at radius 2 is 2.14 bits per heavy atom. The third kappa shape index (κ3) is 2.10. The Hall–Kier alpha value is -0.130. The van der Waals surface area contributed by atoms with Crippen LogP contribution in [0.2, 0.25) is 0 Å². The van der Waals surface area contributed by atoms with E-state index in [-0.39, 0.29) is 0 Å². The summed E-state index contributed by atoms with van der Waals surface area (Å²) in [5.74, 6) is 0.534. The van der Waals surface area contributed by atoms with E-state index in [1.54, 1.807) is 4.31 Å². The van der Waals surface area contributed by atoms with Crippen LogP contribution in [0.15, 0.2) is 0 Å². The minimum atomic E-state index is -2.97. The Morgan fingerprint density at radius 3 is 2.86 bits per heavy atom. The maximum atomic E-state index is 11.4. The predicted molar refractivity (Wildman–Crippen MR) is 55.5 cm³/mol. The largest absolute Gasteiger partial charge is 0.314 e. The molecule has 82 valence electrons. The van der Waals surface area contributed by atoms with Crippen molar-refractivity contribution >= 4 is 10.0 Å². The summed E-state index contributed by atoms with van der Waals surface area (Å²) in [6.07, 6.45) is 4.63. The molecule has 0 aromatic heterocycles.